The first kappa shape index (κ1) is 11.4. The fourth-order valence-electron chi connectivity index (χ4n) is 0.807. The number of hydrogen-bond donors (Lipinski definition) is 1. The van der Waals surface area contributed by atoms with E-state index in [0.29, 0.717) is 0 Å². The maximum absolute atomic E-state index is 9.25. The summed E-state index contributed by atoms with van der Waals surface area (Å²) in [6.45, 7) is 7.17. The largest absolute Gasteiger partial charge is 0.478 e. The zero-order valence-corrected chi connectivity index (χ0v) is 7.95. The van der Waals surface area contributed by atoms with E-state index in [1.807, 2.05) is 0 Å². The number of carbonyl (C=O) groups is 1. The SMILES string of the molecule is C=CC(=O)O.Cc1cccc(C)c1. The molecular weight excluding hydrogens is 164 g/mol. The van der Waals surface area contributed by atoms with Crippen molar-refractivity contribution in [2.75, 3.05) is 0 Å². The highest BCUT2D eigenvalue weighted by Crippen LogP contribution is 2.00. The van der Waals surface area contributed by atoms with Gasteiger partial charge in [0.25, 0.3) is 0 Å². The van der Waals surface area contributed by atoms with Gasteiger partial charge in [-0.1, -0.05) is 42.0 Å². The van der Waals surface area contributed by atoms with E-state index in [0.717, 1.165) is 6.08 Å². The summed E-state index contributed by atoms with van der Waals surface area (Å²) in [4.78, 5) is 9.25. The first-order valence-corrected chi connectivity index (χ1v) is 3.95. The first-order valence-electron chi connectivity index (χ1n) is 3.95. The van der Waals surface area contributed by atoms with Gasteiger partial charge in [-0.2, -0.15) is 0 Å². The quantitative estimate of drug-likeness (QED) is 0.671. The summed E-state index contributed by atoms with van der Waals surface area (Å²) in [5, 5.41) is 7.60. The van der Waals surface area contributed by atoms with Crippen LogP contribution in [0.3, 0.4) is 0 Å². The van der Waals surface area contributed by atoms with Gasteiger partial charge in [-0.25, -0.2) is 4.79 Å². The molecule has 0 heterocycles. The van der Waals surface area contributed by atoms with Crippen LogP contribution in [0, 0.1) is 13.8 Å². The van der Waals surface area contributed by atoms with Crippen LogP contribution in [0.1, 0.15) is 11.1 Å². The van der Waals surface area contributed by atoms with Crippen LogP contribution in [0.4, 0.5) is 0 Å². The summed E-state index contributed by atoms with van der Waals surface area (Å²) in [5.41, 5.74) is 2.68. The number of aryl methyl sites for hydroxylation is 2. The highest BCUT2D eigenvalue weighted by molar-refractivity contribution is 5.78. The number of rotatable bonds is 1. The summed E-state index contributed by atoms with van der Waals surface area (Å²) in [7, 11) is 0. The average molecular weight is 178 g/mol. The van der Waals surface area contributed by atoms with Crippen LogP contribution in [-0.2, 0) is 4.79 Å². The van der Waals surface area contributed by atoms with Gasteiger partial charge in [-0.3, -0.25) is 0 Å². The van der Waals surface area contributed by atoms with E-state index in [4.69, 9.17) is 5.11 Å². The molecule has 1 rings (SSSR count). The Morgan fingerprint density at radius 3 is 1.92 bits per heavy atom. The Bertz CT molecular complexity index is 273. The molecule has 1 aromatic rings. The predicted molar refractivity (Wildman–Crippen MR) is 53.7 cm³/mol. The van der Waals surface area contributed by atoms with E-state index in [-0.39, 0.29) is 0 Å². The number of hydrogen-bond acceptors (Lipinski definition) is 1. The molecule has 0 amide bonds. The number of benzene rings is 1. The molecule has 0 saturated carbocycles. The Hall–Kier alpha value is -1.57. The smallest absolute Gasteiger partial charge is 0.327 e. The minimum atomic E-state index is -0.981. The zero-order valence-electron chi connectivity index (χ0n) is 7.95. The Kier molecular flexibility index (Phi) is 5.28. The molecule has 0 aliphatic rings. The monoisotopic (exact) mass is 178 g/mol. The lowest BCUT2D eigenvalue weighted by Crippen LogP contribution is -1.82. The molecule has 0 bridgehead atoms. The molecule has 0 atom stereocenters. The Morgan fingerprint density at radius 1 is 1.38 bits per heavy atom. The van der Waals surface area contributed by atoms with Crippen molar-refractivity contribution in [3.63, 3.8) is 0 Å². The topological polar surface area (TPSA) is 37.3 Å². The van der Waals surface area contributed by atoms with E-state index >= 15 is 0 Å². The molecule has 0 saturated heterocycles. The van der Waals surface area contributed by atoms with Gasteiger partial charge >= 0.3 is 5.97 Å². The second kappa shape index (κ2) is 6.00. The third-order valence-corrected chi connectivity index (χ3v) is 1.35. The molecule has 0 aliphatic carbocycles. The van der Waals surface area contributed by atoms with Crippen LogP contribution < -0.4 is 0 Å². The van der Waals surface area contributed by atoms with Gasteiger partial charge in [0.1, 0.15) is 0 Å². The van der Waals surface area contributed by atoms with Crippen molar-refractivity contribution < 1.29 is 9.90 Å². The van der Waals surface area contributed by atoms with Gasteiger partial charge in [0.05, 0.1) is 0 Å². The first-order chi connectivity index (χ1) is 6.06. The van der Waals surface area contributed by atoms with Crippen LogP contribution in [0.15, 0.2) is 36.9 Å². The van der Waals surface area contributed by atoms with Crippen LogP contribution >= 0.6 is 0 Å². The van der Waals surface area contributed by atoms with Crippen LogP contribution in [-0.4, -0.2) is 11.1 Å². The van der Waals surface area contributed by atoms with E-state index in [1.165, 1.54) is 11.1 Å². The molecule has 2 heteroatoms. The van der Waals surface area contributed by atoms with Crippen molar-refractivity contribution >= 4 is 5.97 Å². The third kappa shape index (κ3) is 6.81. The molecule has 13 heavy (non-hydrogen) atoms. The van der Waals surface area contributed by atoms with Crippen molar-refractivity contribution in [2.45, 2.75) is 13.8 Å². The van der Waals surface area contributed by atoms with Gasteiger partial charge in [0.2, 0.25) is 0 Å². The van der Waals surface area contributed by atoms with Crippen molar-refractivity contribution in [1.29, 1.82) is 0 Å². The lowest BCUT2D eigenvalue weighted by Gasteiger charge is -1.90. The number of aliphatic carboxylic acids is 1. The average Bonchev–Trinajstić information content (AvgIpc) is 2.05. The van der Waals surface area contributed by atoms with E-state index < -0.39 is 5.97 Å². The molecule has 0 aliphatic heterocycles. The van der Waals surface area contributed by atoms with Crippen LogP contribution in [0.2, 0.25) is 0 Å². The lowest BCUT2D eigenvalue weighted by atomic mass is 10.2. The molecule has 70 valence electrons. The van der Waals surface area contributed by atoms with Gasteiger partial charge in [0.15, 0.2) is 0 Å². The molecule has 2 nitrogen and oxygen atoms in total. The number of carboxylic acid groups (broad SMARTS) is 1. The molecule has 1 N–H and O–H groups in total. The van der Waals surface area contributed by atoms with Crippen LogP contribution in [0.25, 0.3) is 0 Å². The summed E-state index contributed by atoms with van der Waals surface area (Å²) >= 11 is 0. The minimum Gasteiger partial charge on any atom is -0.478 e. The Labute approximate surface area is 78.5 Å². The highest BCUT2D eigenvalue weighted by Gasteiger charge is 1.80. The van der Waals surface area contributed by atoms with Gasteiger partial charge in [0, 0.05) is 6.08 Å². The standard InChI is InChI=1S/C8H10.C3H4O2/c1-7-4-3-5-8(2)6-7;1-2-3(4)5/h3-6H,1-2H3;2H,1H2,(H,4,5). The molecule has 0 radical (unpaired) electrons. The molecular formula is C11H14O2. The van der Waals surface area contributed by atoms with Crippen LogP contribution in [0.5, 0.6) is 0 Å². The summed E-state index contributed by atoms with van der Waals surface area (Å²) in [5.74, 6) is -0.981. The van der Waals surface area contributed by atoms with Crippen molar-refractivity contribution in [2.24, 2.45) is 0 Å². The summed E-state index contributed by atoms with van der Waals surface area (Å²) in [6.07, 6.45) is 0.833. The van der Waals surface area contributed by atoms with Gasteiger partial charge in [-0.15, -0.1) is 0 Å². The highest BCUT2D eigenvalue weighted by atomic mass is 16.4. The maximum atomic E-state index is 9.25. The van der Waals surface area contributed by atoms with E-state index in [1.54, 1.807) is 0 Å². The molecule has 1 aromatic carbocycles. The summed E-state index contributed by atoms with van der Waals surface area (Å²) in [6, 6.07) is 8.45. The number of carboxylic acids is 1. The van der Waals surface area contributed by atoms with Gasteiger partial charge < -0.3 is 5.11 Å². The van der Waals surface area contributed by atoms with E-state index in [9.17, 15) is 4.79 Å². The second-order valence-electron chi connectivity index (χ2n) is 2.70. The maximum Gasteiger partial charge on any atom is 0.327 e. The third-order valence-electron chi connectivity index (χ3n) is 1.35. The second-order valence-corrected chi connectivity index (χ2v) is 2.70. The molecule has 0 fully saturated rings. The fraction of sp³-hybridized carbons (Fsp3) is 0.182. The lowest BCUT2D eigenvalue weighted by molar-refractivity contribution is -0.131. The van der Waals surface area contributed by atoms with Crippen molar-refractivity contribution in [3.8, 4) is 0 Å². The van der Waals surface area contributed by atoms with Crippen molar-refractivity contribution in [1.82, 2.24) is 0 Å². The van der Waals surface area contributed by atoms with E-state index in [2.05, 4.69) is 44.7 Å². The minimum absolute atomic E-state index is 0.833. The fourth-order valence-corrected chi connectivity index (χ4v) is 0.807. The Morgan fingerprint density at radius 2 is 1.77 bits per heavy atom. The molecule has 0 unspecified atom stereocenters. The Balaban J connectivity index is 0.000000252. The summed E-state index contributed by atoms with van der Waals surface area (Å²) < 4.78 is 0. The van der Waals surface area contributed by atoms with Crippen molar-refractivity contribution in [3.05, 3.63) is 48.0 Å². The zero-order chi connectivity index (χ0) is 10.3. The van der Waals surface area contributed by atoms with Gasteiger partial charge in [-0.05, 0) is 13.8 Å². The molecule has 0 spiro atoms. The normalized spacial score (nSPS) is 8.15. The predicted octanol–water partition coefficient (Wildman–Crippen LogP) is 2.56. The molecule has 0 aromatic heterocycles.